The van der Waals surface area contributed by atoms with Crippen molar-refractivity contribution in [1.82, 2.24) is 0 Å². The topological polar surface area (TPSA) is 0 Å². The van der Waals surface area contributed by atoms with Crippen LogP contribution in [0.5, 0.6) is 0 Å². The second-order valence-corrected chi connectivity index (χ2v) is 8.68. The molecule has 4 rings (SSSR count). The monoisotopic (exact) mass is 610 g/mol. The van der Waals surface area contributed by atoms with Gasteiger partial charge in [0.05, 0.1) is 0 Å². The molecule has 4 aromatic carbocycles. The van der Waals surface area contributed by atoms with Gasteiger partial charge < -0.3 is 0 Å². The minimum atomic E-state index is 1.19. The quantitative estimate of drug-likeness (QED) is 0.144. The van der Waals surface area contributed by atoms with Crippen LogP contribution in [0.4, 0.5) is 0 Å². The fraction of sp³-hybridized carbons (Fsp3) is 0. The van der Waals surface area contributed by atoms with Crippen LogP contribution in [0, 0.1) is 7.14 Å². The molecule has 4 aromatic rings. The first-order chi connectivity index (χ1) is 9.58. The van der Waals surface area contributed by atoms with Gasteiger partial charge in [-0.1, -0.05) is 24.3 Å². The molecule has 0 aliphatic carbocycles. The predicted octanol–water partition coefficient (Wildman–Crippen LogP) is 7.32. The lowest BCUT2D eigenvalue weighted by atomic mass is 9.94. The predicted molar refractivity (Wildman–Crippen MR) is 111 cm³/mol. The van der Waals surface area contributed by atoms with E-state index in [1.807, 2.05) is 0 Å². The van der Waals surface area contributed by atoms with Crippen LogP contribution in [-0.4, -0.2) is 0 Å². The fourth-order valence-corrected chi connectivity index (χ4v) is 4.95. The average Bonchev–Trinajstić information content (AvgIpc) is 2.44. The van der Waals surface area contributed by atoms with Crippen molar-refractivity contribution in [3.05, 3.63) is 52.5 Å². The Morgan fingerprint density at radius 3 is 1.45 bits per heavy atom. The van der Waals surface area contributed by atoms with Gasteiger partial charge in [-0.05, 0) is 121 Å². The van der Waals surface area contributed by atoms with Crippen molar-refractivity contribution in [2.24, 2.45) is 0 Å². The molecule has 0 aliphatic rings. The summed E-state index contributed by atoms with van der Waals surface area (Å²) in [6.07, 6.45) is 0. The van der Waals surface area contributed by atoms with E-state index in [4.69, 9.17) is 0 Å². The SMILES string of the molecule is Brc1c(I)cc2ccc3c(Br)c(I)cc4ccc1c2c43. The van der Waals surface area contributed by atoms with Crippen LogP contribution in [0.2, 0.25) is 0 Å². The van der Waals surface area contributed by atoms with Crippen LogP contribution in [0.15, 0.2) is 45.3 Å². The summed E-state index contributed by atoms with van der Waals surface area (Å²) in [4.78, 5) is 0. The van der Waals surface area contributed by atoms with Crippen molar-refractivity contribution in [1.29, 1.82) is 0 Å². The first-order valence-corrected chi connectivity index (χ1v) is 9.73. The second kappa shape index (κ2) is 4.93. The van der Waals surface area contributed by atoms with E-state index in [1.54, 1.807) is 0 Å². The molecular weight excluding hydrogens is 606 g/mol. The van der Waals surface area contributed by atoms with Gasteiger partial charge in [0.1, 0.15) is 0 Å². The van der Waals surface area contributed by atoms with Crippen LogP contribution in [0.1, 0.15) is 0 Å². The molecule has 0 aromatic heterocycles. The summed E-state index contributed by atoms with van der Waals surface area (Å²) >= 11 is 12.2. The summed E-state index contributed by atoms with van der Waals surface area (Å²) in [5.41, 5.74) is 0. The van der Waals surface area contributed by atoms with E-state index in [0.717, 1.165) is 0 Å². The van der Waals surface area contributed by atoms with E-state index in [2.05, 4.69) is 113 Å². The van der Waals surface area contributed by atoms with E-state index in [0.29, 0.717) is 0 Å². The molecule has 20 heavy (non-hydrogen) atoms. The van der Waals surface area contributed by atoms with Gasteiger partial charge in [0, 0.05) is 16.1 Å². The molecule has 4 heteroatoms. The molecule has 98 valence electrons. The molecule has 0 fully saturated rings. The molecule has 0 atom stereocenters. The Morgan fingerprint density at radius 2 is 1.05 bits per heavy atom. The highest BCUT2D eigenvalue weighted by Crippen LogP contribution is 2.42. The van der Waals surface area contributed by atoms with Gasteiger partial charge in [-0.2, -0.15) is 0 Å². The minimum absolute atomic E-state index is 1.19. The van der Waals surface area contributed by atoms with Crippen LogP contribution >= 0.6 is 77.0 Å². The molecule has 0 radical (unpaired) electrons. The molecule has 0 nitrogen and oxygen atoms in total. The van der Waals surface area contributed by atoms with Gasteiger partial charge >= 0.3 is 0 Å². The van der Waals surface area contributed by atoms with Crippen molar-refractivity contribution in [2.45, 2.75) is 0 Å². The molecule has 0 saturated heterocycles. The van der Waals surface area contributed by atoms with E-state index in [1.165, 1.54) is 48.4 Å². The van der Waals surface area contributed by atoms with Crippen molar-refractivity contribution < 1.29 is 0 Å². The Hall–Kier alpha value is 0.340. The molecule has 0 N–H and O–H groups in total. The van der Waals surface area contributed by atoms with Gasteiger partial charge in [-0.15, -0.1) is 0 Å². The standard InChI is InChI=1S/C16H6Br2I2/c17-15-9-3-1-7-5-11(19)16(18)10-4-2-8(6-12(15)20)14(9)13(7)10/h1-6H. The zero-order chi connectivity index (χ0) is 14.0. The van der Waals surface area contributed by atoms with Gasteiger partial charge in [0.15, 0.2) is 0 Å². The molecule has 0 amide bonds. The first kappa shape index (κ1) is 14.0. The third kappa shape index (κ3) is 1.87. The molecule has 0 saturated carbocycles. The largest absolute Gasteiger partial charge is 0.0536 e. The summed E-state index contributed by atoms with van der Waals surface area (Å²) < 4.78 is 4.88. The second-order valence-electron chi connectivity index (χ2n) is 4.77. The molecule has 0 unspecified atom stereocenters. The molecule has 0 spiro atoms. The lowest BCUT2D eigenvalue weighted by Gasteiger charge is -2.14. The summed E-state index contributed by atoms with van der Waals surface area (Å²) in [6.45, 7) is 0. The smallest absolute Gasteiger partial charge is 0.0387 e. The highest BCUT2D eigenvalue weighted by atomic mass is 127. The Morgan fingerprint density at radius 1 is 0.650 bits per heavy atom. The minimum Gasteiger partial charge on any atom is -0.0536 e. The summed E-state index contributed by atoms with van der Waals surface area (Å²) in [6, 6.07) is 13.4. The van der Waals surface area contributed by atoms with Crippen LogP contribution < -0.4 is 0 Å². The average molecular weight is 612 g/mol. The number of hydrogen-bond acceptors (Lipinski definition) is 0. The highest BCUT2D eigenvalue weighted by molar-refractivity contribution is 14.1. The molecular formula is C16H6Br2I2. The summed E-state index contributed by atoms with van der Waals surface area (Å²) in [5.74, 6) is 0. The van der Waals surface area contributed by atoms with Gasteiger partial charge in [0.25, 0.3) is 0 Å². The molecule has 0 bridgehead atoms. The number of hydrogen-bond donors (Lipinski definition) is 0. The van der Waals surface area contributed by atoms with E-state index in [9.17, 15) is 0 Å². The Kier molecular flexibility index (Phi) is 3.44. The maximum atomic E-state index is 3.74. The summed E-state index contributed by atoms with van der Waals surface area (Å²) in [7, 11) is 0. The first-order valence-electron chi connectivity index (χ1n) is 5.98. The van der Waals surface area contributed by atoms with Crippen LogP contribution in [0.3, 0.4) is 0 Å². The lowest BCUT2D eigenvalue weighted by molar-refractivity contribution is 1.66. The van der Waals surface area contributed by atoms with Crippen molar-refractivity contribution in [3.8, 4) is 0 Å². The Balaban J connectivity index is 2.42. The number of rotatable bonds is 0. The van der Waals surface area contributed by atoms with Gasteiger partial charge in [-0.25, -0.2) is 0 Å². The van der Waals surface area contributed by atoms with Crippen molar-refractivity contribution in [3.63, 3.8) is 0 Å². The summed E-state index contributed by atoms with van der Waals surface area (Å²) in [5, 5.41) is 7.89. The molecule has 0 aliphatic heterocycles. The maximum Gasteiger partial charge on any atom is 0.0387 e. The Bertz CT molecular complexity index is 911. The van der Waals surface area contributed by atoms with Crippen LogP contribution in [-0.2, 0) is 0 Å². The Labute approximate surface area is 160 Å². The van der Waals surface area contributed by atoms with Gasteiger partial charge in [0.2, 0.25) is 0 Å². The maximum absolute atomic E-state index is 3.74. The molecule has 0 heterocycles. The van der Waals surface area contributed by atoms with Gasteiger partial charge in [-0.3, -0.25) is 0 Å². The van der Waals surface area contributed by atoms with Crippen LogP contribution in [0.25, 0.3) is 32.3 Å². The van der Waals surface area contributed by atoms with E-state index < -0.39 is 0 Å². The highest BCUT2D eigenvalue weighted by Gasteiger charge is 2.15. The number of benzene rings is 4. The number of halogens is 4. The van der Waals surface area contributed by atoms with Crippen molar-refractivity contribution in [2.75, 3.05) is 0 Å². The normalized spacial score (nSPS) is 12.0. The van der Waals surface area contributed by atoms with Crippen molar-refractivity contribution >= 4 is 109 Å². The third-order valence-corrected chi connectivity index (χ3v) is 8.57. The third-order valence-electron chi connectivity index (χ3n) is 3.68. The fourth-order valence-electron chi connectivity index (χ4n) is 2.81. The van der Waals surface area contributed by atoms with E-state index >= 15 is 0 Å². The lowest BCUT2D eigenvalue weighted by Crippen LogP contribution is -1.89. The zero-order valence-corrected chi connectivity index (χ0v) is 17.5. The zero-order valence-electron chi connectivity index (χ0n) is 9.98. The van der Waals surface area contributed by atoms with E-state index in [-0.39, 0.29) is 0 Å².